The van der Waals surface area contributed by atoms with Crippen LogP contribution < -0.4 is 0 Å². The molecule has 1 N–H and O–H groups in total. The molecular formula is C24H37F13O9. The van der Waals surface area contributed by atoms with E-state index in [0.717, 1.165) is 0 Å². The molecule has 0 aromatic carbocycles. The van der Waals surface area contributed by atoms with E-state index < -0.39 is 61.7 Å². The van der Waals surface area contributed by atoms with E-state index in [1.165, 1.54) is 0 Å². The average molecular weight is 717 g/mol. The molecule has 278 valence electrons. The number of halogens is 13. The maximum Gasteiger partial charge on any atom is 0.460 e. The molecule has 1 atom stereocenters. The molecule has 0 radical (unpaired) electrons. The molecule has 0 aromatic rings. The average Bonchev–Trinajstić information content (AvgIpc) is 2.94. The molecule has 0 spiro atoms. The van der Waals surface area contributed by atoms with E-state index in [1.807, 2.05) is 0 Å². The van der Waals surface area contributed by atoms with Crippen molar-refractivity contribution in [2.45, 2.75) is 48.8 Å². The van der Waals surface area contributed by atoms with Crippen molar-refractivity contribution in [1.29, 1.82) is 0 Å². The first-order valence-corrected chi connectivity index (χ1v) is 13.4. The maximum absolute atomic E-state index is 13.6. The number of aliphatic hydroxyl groups is 1. The van der Waals surface area contributed by atoms with E-state index in [-0.39, 0.29) is 46.2 Å². The normalized spacial score (nSPS) is 14.7. The number of hydrogen-bond acceptors (Lipinski definition) is 9. The molecule has 22 heteroatoms. The fourth-order valence-corrected chi connectivity index (χ4v) is 2.78. The zero-order valence-corrected chi connectivity index (χ0v) is 24.5. The van der Waals surface area contributed by atoms with E-state index >= 15 is 0 Å². The third-order valence-corrected chi connectivity index (χ3v) is 5.24. The van der Waals surface area contributed by atoms with Gasteiger partial charge in [0, 0.05) is 0 Å². The fourth-order valence-electron chi connectivity index (χ4n) is 2.78. The first-order valence-electron chi connectivity index (χ1n) is 13.4. The smallest absolute Gasteiger partial charge is 0.391 e. The Morgan fingerprint density at radius 3 is 0.935 bits per heavy atom. The SMILES string of the molecule is CC(O)COCCOCCOCCOCCOCCOCCOCCOCC(F)(F)C(F)(F)C(F)(F)C(F)(F)C(F)(F)C(F)(F)F. The van der Waals surface area contributed by atoms with Gasteiger partial charge >= 0.3 is 35.8 Å². The van der Waals surface area contributed by atoms with Crippen LogP contribution in [0.25, 0.3) is 0 Å². The minimum Gasteiger partial charge on any atom is -0.391 e. The van der Waals surface area contributed by atoms with Crippen molar-refractivity contribution in [1.82, 2.24) is 0 Å². The van der Waals surface area contributed by atoms with Gasteiger partial charge in [-0.1, -0.05) is 0 Å². The summed E-state index contributed by atoms with van der Waals surface area (Å²) < 4.78 is 209. The summed E-state index contributed by atoms with van der Waals surface area (Å²) in [6.45, 7) is -0.0493. The highest BCUT2D eigenvalue weighted by Gasteiger charge is 2.90. The van der Waals surface area contributed by atoms with E-state index in [1.54, 1.807) is 6.92 Å². The summed E-state index contributed by atoms with van der Waals surface area (Å²) in [6.07, 6.45) is -8.00. The van der Waals surface area contributed by atoms with Gasteiger partial charge < -0.3 is 43.0 Å². The van der Waals surface area contributed by atoms with E-state index in [2.05, 4.69) is 4.74 Å². The molecule has 0 aliphatic carbocycles. The Labute approximate surface area is 255 Å². The van der Waals surface area contributed by atoms with Gasteiger partial charge in [-0.05, 0) is 6.92 Å². The number of alkyl halides is 13. The van der Waals surface area contributed by atoms with Crippen LogP contribution in [0.5, 0.6) is 0 Å². The van der Waals surface area contributed by atoms with Gasteiger partial charge in [0.25, 0.3) is 0 Å². The van der Waals surface area contributed by atoms with Gasteiger partial charge in [0.15, 0.2) is 0 Å². The molecule has 46 heavy (non-hydrogen) atoms. The zero-order chi connectivity index (χ0) is 35.5. The third-order valence-electron chi connectivity index (χ3n) is 5.24. The number of rotatable bonds is 29. The van der Waals surface area contributed by atoms with Gasteiger partial charge in [0.05, 0.1) is 105 Å². The van der Waals surface area contributed by atoms with Gasteiger partial charge in [-0.15, -0.1) is 0 Å². The third kappa shape index (κ3) is 14.5. The molecule has 0 bridgehead atoms. The number of aliphatic hydroxyl groups excluding tert-OH is 1. The molecule has 0 saturated heterocycles. The summed E-state index contributed by atoms with van der Waals surface area (Å²) in [5.41, 5.74) is 0. The molecule has 0 amide bonds. The molecule has 0 aliphatic heterocycles. The van der Waals surface area contributed by atoms with Crippen molar-refractivity contribution < 1.29 is 100 Å². The highest BCUT2D eigenvalue weighted by molar-refractivity contribution is 5.10. The number of hydrogen-bond donors (Lipinski definition) is 1. The lowest BCUT2D eigenvalue weighted by Gasteiger charge is -2.39. The molecular weight excluding hydrogens is 679 g/mol. The van der Waals surface area contributed by atoms with Crippen LogP contribution in [0.4, 0.5) is 57.1 Å². The van der Waals surface area contributed by atoms with Crippen molar-refractivity contribution in [2.24, 2.45) is 0 Å². The van der Waals surface area contributed by atoms with Gasteiger partial charge in [-0.25, -0.2) is 0 Å². The molecule has 0 aliphatic rings. The molecule has 0 fully saturated rings. The largest absolute Gasteiger partial charge is 0.460 e. The van der Waals surface area contributed by atoms with Crippen LogP contribution in [0.1, 0.15) is 6.92 Å². The Morgan fingerprint density at radius 2 is 0.652 bits per heavy atom. The summed E-state index contributed by atoms with van der Waals surface area (Å²) in [6, 6.07) is 0. The summed E-state index contributed by atoms with van der Waals surface area (Å²) >= 11 is 0. The molecule has 9 nitrogen and oxygen atoms in total. The minimum absolute atomic E-state index is 0.0839. The Balaban J connectivity index is 3.89. The van der Waals surface area contributed by atoms with Crippen LogP contribution in [0, 0.1) is 0 Å². The van der Waals surface area contributed by atoms with Crippen molar-refractivity contribution in [3.05, 3.63) is 0 Å². The second-order valence-electron chi connectivity index (χ2n) is 9.15. The van der Waals surface area contributed by atoms with Crippen LogP contribution >= 0.6 is 0 Å². The van der Waals surface area contributed by atoms with Gasteiger partial charge in [-0.3, -0.25) is 0 Å². The Bertz CT molecular complexity index is 789. The zero-order valence-electron chi connectivity index (χ0n) is 24.5. The first kappa shape index (κ1) is 44.7. The highest BCUT2D eigenvalue weighted by atomic mass is 19.4. The predicted molar refractivity (Wildman–Crippen MR) is 129 cm³/mol. The lowest BCUT2D eigenvalue weighted by molar-refractivity contribution is -0.441. The monoisotopic (exact) mass is 716 g/mol. The van der Waals surface area contributed by atoms with Crippen molar-refractivity contribution >= 4 is 0 Å². The van der Waals surface area contributed by atoms with Gasteiger partial charge in [-0.2, -0.15) is 57.1 Å². The van der Waals surface area contributed by atoms with Gasteiger partial charge in [0.2, 0.25) is 0 Å². The second kappa shape index (κ2) is 21.0. The topological polar surface area (TPSA) is 94.1 Å². The van der Waals surface area contributed by atoms with Crippen LogP contribution in [0.2, 0.25) is 0 Å². The lowest BCUT2D eigenvalue weighted by atomic mass is 9.94. The molecule has 1 unspecified atom stereocenters. The van der Waals surface area contributed by atoms with Crippen LogP contribution in [0.15, 0.2) is 0 Å². The van der Waals surface area contributed by atoms with Crippen LogP contribution in [-0.2, 0) is 37.9 Å². The lowest BCUT2D eigenvalue weighted by Crippen LogP contribution is -2.70. The van der Waals surface area contributed by atoms with E-state index in [9.17, 15) is 57.1 Å². The summed E-state index contributed by atoms with van der Waals surface area (Å²) in [7, 11) is 0. The Kier molecular flexibility index (Phi) is 20.4. The van der Waals surface area contributed by atoms with Gasteiger partial charge in [0.1, 0.15) is 6.61 Å². The van der Waals surface area contributed by atoms with Crippen molar-refractivity contribution in [2.75, 3.05) is 106 Å². The molecule has 0 aromatic heterocycles. The summed E-state index contributed by atoms with van der Waals surface area (Å²) in [5, 5.41) is 9.01. The molecule has 0 heterocycles. The van der Waals surface area contributed by atoms with E-state index in [4.69, 9.17) is 38.3 Å². The van der Waals surface area contributed by atoms with Crippen LogP contribution in [0.3, 0.4) is 0 Å². The fraction of sp³-hybridized carbons (Fsp3) is 1.00. The summed E-state index contributed by atoms with van der Waals surface area (Å²) in [4.78, 5) is 0. The summed E-state index contributed by atoms with van der Waals surface area (Å²) in [5.74, 6) is -37.2. The highest BCUT2D eigenvalue weighted by Crippen LogP contribution is 2.60. The molecule has 0 saturated carbocycles. The van der Waals surface area contributed by atoms with E-state index in [0.29, 0.717) is 39.6 Å². The second-order valence-corrected chi connectivity index (χ2v) is 9.15. The molecule has 0 rings (SSSR count). The Morgan fingerprint density at radius 1 is 0.391 bits per heavy atom. The standard InChI is InChI=1S/C24H37F13O9/c1-18(38)16-45-14-12-43-10-8-41-6-4-39-2-3-40-5-7-42-9-11-44-13-15-46-17-19(25,26)20(27,28)21(29,30)22(31,32)23(33,34)24(35,36)37/h18,38H,2-17H2,1H3. The van der Waals surface area contributed by atoms with Crippen LogP contribution in [-0.4, -0.2) is 153 Å². The predicted octanol–water partition coefficient (Wildman–Crippen LogP) is 4.24. The Hall–Kier alpha value is -1.27. The quantitative estimate of drug-likeness (QED) is 0.0902. The minimum atomic E-state index is -7.95. The number of ether oxygens (including phenoxy) is 8. The maximum atomic E-state index is 13.6. The van der Waals surface area contributed by atoms with Crippen molar-refractivity contribution in [3.63, 3.8) is 0 Å². The van der Waals surface area contributed by atoms with Crippen molar-refractivity contribution in [3.8, 4) is 0 Å². The first-order chi connectivity index (χ1) is 21.2.